The van der Waals surface area contributed by atoms with Crippen LogP contribution in [0.15, 0.2) is 53.6 Å². The highest BCUT2D eigenvalue weighted by atomic mass is 16.5. The molecule has 3 nitrogen and oxygen atoms in total. The standard InChI is InChI=1S/C25H28O3/c1-18(2)24-22(12-14-28-19(3)26)17-25(24)13-11-21(16-25)15-23(27)10-9-20-7-5-4-6-8-20/h4-8,21H,1,11-17H2,2-3H3. The quantitative estimate of drug-likeness (QED) is 0.517. The van der Waals surface area contributed by atoms with Crippen LogP contribution in [0.25, 0.3) is 0 Å². The predicted molar refractivity (Wildman–Crippen MR) is 110 cm³/mol. The first-order chi connectivity index (χ1) is 13.4. The lowest BCUT2D eigenvalue weighted by Gasteiger charge is -2.45. The van der Waals surface area contributed by atoms with E-state index in [2.05, 4.69) is 25.3 Å². The predicted octanol–water partition coefficient (Wildman–Crippen LogP) is 5.01. The molecule has 1 aromatic carbocycles. The first-order valence-corrected chi connectivity index (χ1v) is 10.0. The zero-order valence-corrected chi connectivity index (χ0v) is 16.8. The van der Waals surface area contributed by atoms with Gasteiger partial charge in [-0.15, -0.1) is 0 Å². The van der Waals surface area contributed by atoms with Crippen LogP contribution in [0.1, 0.15) is 57.9 Å². The molecular weight excluding hydrogens is 348 g/mol. The van der Waals surface area contributed by atoms with E-state index in [1.807, 2.05) is 30.3 Å². The van der Waals surface area contributed by atoms with E-state index >= 15 is 0 Å². The van der Waals surface area contributed by atoms with Gasteiger partial charge in [0.15, 0.2) is 0 Å². The van der Waals surface area contributed by atoms with Crippen LogP contribution < -0.4 is 0 Å². The normalized spacial score (nSPS) is 23.0. The minimum absolute atomic E-state index is 0.0289. The number of ketones is 1. The van der Waals surface area contributed by atoms with Gasteiger partial charge in [-0.25, -0.2) is 0 Å². The van der Waals surface area contributed by atoms with E-state index in [1.165, 1.54) is 18.1 Å². The Labute approximate surface area is 167 Å². The van der Waals surface area contributed by atoms with Crippen LogP contribution in [0.4, 0.5) is 0 Å². The molecule has 0 aromatic heterocycles. The van der Waals surface area contributed by atoms with Gasteiger partial charge in [0, 0.05) is 25.3 Å². The molecule has 1 saturated carbocycles. The second-order valence-corrected chi connectivity index (χ2v) is 8.16. The molecule has 2 atom stereocenters. The van der Waals surface area contributed by atoms with Gasteiger partial charge in [0.25, 0.3) is 0 Å². The van der Waals surface area contributed by atoms with Gasteiger partial charge in [-0.05, 0) is 67.6 Å². The average molecular weight is 376 g/mol. The lowest BCUT2D eigenvalue weighted by molar-refractivity contribution is -0.140. The molecule has 0 radical (unpaired) electrons. The van der Waals surface area contributed by atoms with Crippen LogP contribution in [0.5, 0.6) is 0 Å². The number of hydrogen-bond acceptors (Lipinski definition) is 3. The van der Waals surface area contributed by atoms with Crippen LogP contribution in [-0.4, -0.2) is 18.4 Å². The van der Waals surface area contributed by atoms with E-state index in [9.17, 15) is 9.59 Å². The molecule has 3 heteroatoms. The largest absolute Gasteiger partial charge is 0.466 e. The summed E-state index contributed by atoms with van der Waals surface area (Å²) < 4.78 is 5.10. The van der Waals surface area contributed by atoms with Crippen molar-refractivity contribution in [2.75, 3.05) is 6.61 Å². The maximum atomic E-state index is 12.3. The Morgan fingerprint density at radius 2 is 2.00 bits per heavy atom. The fourth-order valence-electron chi connectivity index (χ4n) is 4.91. The third kappa shape index (κ3) is 4.62. The van der Waals surface area contributed by atoms with Crippen LogP contribution in [-0.2, 0) is 14.3 Å². The first kappa shape index (κ1) is 20.1. The number of rotatable bonds is 6. The SMILES string of the molecule is C=C(C)C1=C(CCOC(C)=O)CC12CCC(CC(=O)C#Cc1ccccc1)C2. The Morgan fingerprint density at radius 1 is 1.25 bits per heavy atom. The maximum Gasteiger partial charge on any atom is 0.302 e. The van der Waals surface area contributed by atoms with E-state index < -0.39 is 0 Å². The molecule has 0 amide bonds. The first-order valence-electron chi connectivity index (χ1n) is 10.0. The molecular formula is C25H28O3. The molecule has 2 aliphatic rings. The minimum Gasteiger partial charge on any atom is -0.466 e. The number of benzene rings is 1. The Kier molecular flexibility index (Phi) is 6.19. The molecule has 0 aliphatic heterocycles. The second-order valence-electron chi connectivity index (χ2n) is 8.16. The lowest BCUT2D eigenvalue weighted by atomic mass is 9.59. The Morgan fingerprint density at radius 3 is 2.68 bits per heavy atom. The molecule has 146 valence electrons. The number of ether oxygens (including phenoxy) is 1. The molecule has 3 rings (SSSR count). The topological polar surface area (TPSA) is 43.4 Å². The number of hydrogen-bond donors (Lipinski definition) is 0. The van der Waals surface area contributed by atoms with E-state index in [1.54, 1.807) is 0 Å². The van der Waals surface area contributed by atoms with Crippen molar-refractivity contribution in [1.82, 2.24) is 0 Å². The van der Waals surface area contributed by atoms with E-state index in [-0.39, 0.29) is 17.2 Å². The molecule has 1 fully saturated rings. The molecule has 0 saturated heterocycles. The molecule has 2 unspecified atom stereocenters. The highest BCUT2D eigenvalue weighted by Crippen LogP contribution is 2.61. The molecule has 0 heterocycles. The van der Waals surface area contributed by atoms with Gasteiger partial charge < -0.3 is 4.74 Å². The second kappa shape index (κ2) is 8.61. The van der Waals surface area contributed by atoms with Crippen molar-refractivity contribution < 1.29 is 14.3 Å². The summed E-state index contributed by atoms with van der Waals surface area (Å²) >= 11 is 0. The number of carbonyl (C=O) groups is 2. The molecule has 0 N–H and O–H groups in total. The van der Waals surface area contributed by atoms with Crippen LogP contribution >= 0.6 is 0 Å². The number of Topliss-reactive ketones (excluding diaryl/α,β-unsaturated/α-hetero) is 1. The summed E-state index contributed by atoms with van der Waals surface area (Å²) in [7, 11) is 0. The lowest BCUT2D eigenvalue weighted by Crippen LogP contribution is -2.32. The Hall–Kier alpha value is -2.60. The van der Waals surface area contributed by atoms with Crippen LogP contribution in [0.3, 0.4) is 0 Å². The van der Waals surface area contributed by atoms with Crippen molar-refractivity contribution in [1.29, 1.82) is 0 Å². The van der Waals surface area contributed by atoms with Crippen molar-refractivity contribution in [3.05, 3.63) is 59.2 Å². The smallest absolute Gasteiger partial charge is 0.302 e. The summed E-state index contributed by atoms with van der Waals surface area (Å²) in [6, 6.07) is 9.63. The number of allylic oxidation sites excluding steroid dienone is 2. The number of carbonyl (C=O) groups excluding carboxylic acids is 2. The molecule has 1 aromatic rings. The van der Waals surface area contributed by atoms with Gasteiger partial charge >= 0.3 is 5.97 Å². The van der Waals surface area contributed by atoms with Gasteiger partial charge in [0.05, 0.1) is 6.61 Å². The number of esters is 1. The van der Waals surface area contributed by atoms with E-state index in [0.717, 1.165) is 43.2 Å². The van der Waals surface area contributed by atoms with Gasteiger partial charge in [-0.1, -0.05) is 41.8 Å². The highest BCUT2D eigenvalue weighted by Gasteiger charge is 2.49. The fraction of sp³-hybridized carbons (Fsp3) is 0.440. The summed E-state index contributed by atoms with van der Waals surface area (Å²) in [6.07, 6.45) is 5.56. The highest BCUT2D eigenvalue weighted by molar-refractivity contribution is 5.96. The molecule has 2 aliphatic carbocycles. The van der Waals surface area contributed by atoms with Crippen molar-refractivity contribution in [2.24, 2.45) is 11.3 Å². The minimum atomic E-state index is -0.234. The zero-order chi connectivity index (χ0) is 20.1. The van der Waals surface area contributed by atoms with Gasteiger partial charge in [-0.3, -0.25) is 9.59 Å². The fourth-order valence-corrected chi connectivity index (χ4v) is 4.91. The van der Waals surface area contributed by atoms with Crippen molar-refractivity contribution in [2.45, 2.75) is 52.4 Å². The van der Waals surface area contributed by atoms with Crippen LogP contribution in [0.2, 0.25) is 0 Å². The van der Waals surface area contributed by atoms with Crippen molar-refractivity contribution >= 4 is 11.8 Å². The maximum absolute atomic E-state index is 12.3. The molecule has 1 spiro atoms. The van der Waals surface area contributed by atoms with E-state index in [4.69, 9.17) is 4.74 Å². The summed E-state index contributed by atoms with van der Waals surface area (Å²) in [4.78, 5) is 23.3. The Balaban J connectivity index is 1.59. The molecule has 28 heavy (non-hydrogen) atoms. The van der Waals surface area contributed by atoms with Gasteiger partial charge in [0.1, 0.15) is 0 Å². The van der Waals surface area contributed by atoms with E-state index in [0.29, 0.717) is 18.9 Å². The van der Waals surface area contributed by atoms with Gasteiger partial charge in [0.2, 0.25) is 5.78 Å². The summed E-state index contributed by atoms with van der Waals surface area (Å²) in [5.74, 6) is 5.96. The van der Waals surface area contributed by atoms with Crippen LogP contribution in [0, 0.1) is 23.2 Å². The average Bonchev–Trinajstić information content (AvgIpc) is 3.04. The van der Waals surface area contributed by atoms with Crippen molar-refractivity contribution in [3.63, 3.8) is 0 Å². The Bertz CT molecular complexity index is 866. The summed E-state index contributed by atoms with van der Waals surface area (Å²) in [5, 5.41) is 0. The monoisotopic (exact) mass is 376 g/mol. The summed E-state index contributed by atoms with van der Waals surface area (Å²) in [5.41, 5.74) is 4.90. The third-order valence-corrected chi connectivity index (χ3v) is 5.88. The zero-order valence-electron chi connectivity index (χ0n) is 16.8. The molecule has 0 bridgehead atoms. The van der Waals surface area contributed by atoms with Crippen molar-refractivity contribution in [3.8, 4) is 11.8 Å². The third-order valence-electron chi connectivity index (χ3n) is 5.88. The van der Waals surface area contributed by atoms with Gasteiger partial charge in [-0.2, -0.15) is 0 Å². The summed E-state index contributed by atoms with van der Waals surface area (Å²) in [6.45, 7) is 8.12.